The summed E-state index contributed by atoms with van der Waals surface area (Å²) in [6, 6.07) is 8.79. The summed E-state index contributed by atoms with van der Waals surface area (Å²) in [6.07, 6.45) is 5.57. The van der Waals surface area contributed by atoms with E-state index in [2.05, 4.69) is 33.2 Å². The second kappa shape index (κ2) is 8.65. The molecule has 112 valence electrons. The molecular weight excluding hydrogens is 316 g/mol. The Balaban J connectivity index is 1.51. The summed E-state index contributed by atoms with van der Waals surface area (Å²) in [5.74, 6) is 0.921. The number of hydrogen-bond acceptors (Lipinski definition) is 3. The molecule has 2 rings (SSSR count). The van der Waals surface area contributed by atoms with Crippen molar-refractivity contribution in [3.05, 3.63) is 28.7 Å². The molecule has 0 saturated heterocycles. The minimum atomic E-state index is 0.712. The fourth-order valence-electron chi connectivity index (χ4n) is 2.71. The Morgan fingerprint density at radius 2 is 2.10 bits per heavy atom. The highest BCUT2D eigenvalue weighted by Crippen LogP contribution is 2.21. The van der Waals surface area contributed by atoms with Crippen molar-refractivity contribution in [1.29, 1.82) is 0 Å². The molecule has 20 heavy (non-hydrogen) atoms. The van der Waals surface area contributed by atoms with Crippen LogP contribution in [0.1, 0.15) is 25.7 Å². The smallest absolute Gasteiger partial charge is 0.120 e. The van der Waals surface area contributed by atoms with Crippen LogP contribution in [0.2, 0.25) is 0 Å². The van der Waals surface area contributed by atoms with Gasteiger partial charge in [-0.05, 0) is 38.1 Å². The van der Waals surface area contributed by atoms with Gasteiger partial charge in [0.2, 0.25) is 0 Å². The summed E-state index contributed by atoms with van der Waals surface area (Å²) >= 11 is 3.44. The van der Waals surface area contributed by atoms with Crippen LogP contribution >= 0.6 is 15.9 Å². The highest BCUT2D eigenvalue weighted by molar-refractivity contribution is 9.10. The molecule has 0 aliphatic heterocycles. The number of nitrogens with zero attached hydrogens (tertiary/aromatic N) is 1. The minimum absolute atomic E-state index is 0.712. The van der Waals surface area contributed by atoms with Crippen molar-refractivity contribution < 1.29 is 4.74 Å². The molecule has 4 heteroatoms. The number of halogens is 1. The average molecular weight is 341 g/mol. The molecular formula is C16H25BrN2O. The molecule has 3 nitrogen and oxygen atoms in total. The minimum Gasteiger partial charge on any atom is -0.492 e. The van der Waals surface area contributed by atoms with Gasteiger partial charge in [-0.1, -0.05) is 34.8 Å². The van der Waals surface area contributed by atoms with E-state index in [4.69, 9.17) is 4.74 Å². The van der Waals surface area contributed by atoms with Gasteiger partial charge in [-0.25, -0.2) is 0 Å². The van der Waals surface area contributed by atoms with E-state index in [9.17, 15) is 0 Å². The van der Waals surface area contributed by atoms with Gasteiger partial charge in [0.05, 0.1) is 0 Å². The molecule has 1 fully saturated rings. The molecule has 1 aliphatic rings. The third-order valence-corrected chi connectivity index (χ3v) is 4.43. The SMILES string of the molecule is CN(CCNCCOc1cccc(Br)c1)C1CCCC1. The quantitative estimate of drug-likeness (QED) is 0.735. The molecule has 0 radical (unpaired) electrons. The van der Waals surface area contributed by atoms with Crippen molar-refractivity contribution >= 4 is 15.9 Å². The van der Waals surface area contributed by atoms with E-state index in [-0.39, 0.29) is 0 Å². The van der Waals surface area contributed by atoms with Crippen LogP contribution in [0.15, 0.2) is 28.7 Å². The highest BCUT2D eigenvalue weighted by atomic mass is 79.9. The van der Waals surface area contributed by atoms with Crippen LogP contribution in [0.25, 0.3) is 0 Å². The molecule has 1 N–H and O–H groups in total. The molecule has 0 atom stereocenters. The number of ether oxygens (including phenoxy) is 1. The Hall–Kier alpha value is -0.580. The maximum absolute atomic E-state index is 5.69. The lowest BCUT2D eigenvalue weighted by molar-refractivity contribution is 0.241. The Bertz CT molecular complexity index is 394. The standard InChI is InChI=1S/C16H25BrN2O/c1-19(15-6-2-3-7-15)11-9-18-10-12-20-16-8-4-5-14(17)13-16/h4-5,8,13,15,18H,2-3,6-7,9-12H2,1H3. The van der Waals surface area contributed by atoms with Crippen molar-refractivity contribution in [3.8, 4) is 5.75 Å². The van der Waals surface area contributed by atoms with E-state index in [1.165, 1.54) is 25.7 Å². The fraction of sp³-hybridized carbons (Fsp3) is 0.625. The lowest BCUT2D eigenvalue weighted by Crippen LogP contribution is -2.36. The molecule has 1 aliphatic carbocycles. The molecule has 0 bridgehead atoms. The zero-order valence-electron chi connectivity index (χ0n) is 12.3. The highest BCUT2D eigenvalue weighted by Gasteiger charge is 2.18. The number of rotatable bonds is 8. The Kier molecular flexibility index (Phi) is 6.83. The third-order valence-electron chi connectivity index (χ3n) is 3.93. The Labute approximate surface area is 130 Å². The first-order valence-corrected chi connectivity index (χ1v) is 8.34. The van der Waals surface area contributed by atoms with Gasteiger partial charge < -0.3 is 15.0 Å². The van der Waals surface area contributed by atoms with Crippen molar-refractivity contribution in [2.75, 3.05) is 33.3 Å². The zero-order chi connectivity index (χ0) is 14.2. The Morgan fingerprint density at radius 3 is 2.85 bits per heavy atom. The topological polar surface area (TPSA) is 24.5 Å². The van der Waals surface area contributed by atoms with Crippen LogP contribution in [-0.2, 0) is 0 Å². The predicted molar refractivity (Wildman–Crippen MR) is 87.4 cm³/mol. The van der Waals surface area contributed by atoms with Gasteiger partial charge in [-0.3, -0.25) is 0 Å². The second-order valence-electron chi connectivity index (χ2n) is 5.47. The van der Waals surface area contributed by atoms with Crippen LogP contribution in [0.3, 0.4) is 0 Å². The van der Waals surface area contributed by atoms with E-state index < -0.39 is 0 Å². The van der Waals surface area contributed by atoms with Gasteiger partial charge in [-0.2, -0.15) is 0 Å². The molecule has 1 aromatic rings. The first kappa shape index (κ1) is 15.8. The molecule has 0 heterocycles. The Morgan fingerprint density at radius 1 is 1.30 bits per heavy atom. The second-order valence-corrected chi connectivity index (χ2v) is 6.39. The van der Waals surface area contributed by atoms with Crippen molar-refractivity contribution in [2.24, 2.45) is 0 Å². The summed E-state index contributed by atoms with van der Waals surface area (Å²) < 4.78 is 6.74. The number of benzene rings is 1. The molecule has 0 amide bonds. The van der Waals surface area contributed by atoms with Gasteiger partial charge in [0.25, 0.3) is 0 Å². The molecule has 0 spiro atoms. The third kappa shape index (κ3) is 5.43. The van der Waals surface area contributed by atoms with E-state index in [1.54, 1.807) is 0 Å². The maximum atomic E-state index is 5.69. The summed E-state index contributed by atoms with van der Waals surface area (Å²) in [5, 5.41) is 3.45. The molecule has 1 aromatic carbocycles. The van der Waals surface area contributed by atoms with E-state index in [0.29, 0.717) is 6.61 Å². The van der Waals surface area contributed by atoms with Crippen LogP contribution in [0, 0.1) is 0 Å². The van der Waals surface area contributed by atoms with Crippen molar-refractivity contribution in [3.63, 3.8) is 0 Å². The van der Waals surface area contributed by atoms with Gasteiger partial charge >= 0.3 is 0 Å². The largest absolute Gasteiger partial charge is 0.492 e. The lowest BCUT2D eigenvalue weighted by atomic mass is 10.2. The maximum Gasteiger partial charge on any atom is 0.120 e. The zero-order valence-corrected chi connectivity index (χ0v) is 13.9. The van der Waals surface area contributed by atoms with Gasteiger partial charge in [0, 0.05) is 30.1 Å². The van der Waals surface area contributed by atoms with Crippen molar-refractivity contribution in [1.82, 2.24) is 10.2 Å². The molecule has 0 aromatic heterocycles. The first-order valence-electron chi connectivity index (χ1n) is 7.55. The normalized spacial score (nSPS) is 15.9. The number of nitrogens with one attached hydrogen (secondary N) is 1. The first-order chi connectivity index (χ1) is 9.75. The van der Waals surface area contributed by atoms with Gasteiger partial charge in [-0.15, -0.1) is 0 Å². The summed E-state index contributed by atoms with van der Waals surface area (Å²) in [5.41, 5.74) is 0. The molecule has 1 saturated carbocycles. The van der Waals surface area contributed by atoms with Gasteiger partial charge in [0.15, 0.2) is 0 Å². The monoisotopic (exact) mass is 340 g/mol. The van der Waals surface area contributed by atoms with E-state index in [0.717, 1.165) is 35.9 Å². The fourth-order valence-corrected chi connectivity index (χ4v) is 3.08. The van der Waals surface area contributed by atoms with Crippen molar-refractivity contribution in [2.45, 2.75) is 31.7 Å². The number of hydrogen-bond donors (Lipinski definition) is 1. The van der Waals surface area contributed by atoms with Crippen LogP contribution in [-0.4, -0.2) is 44.2 Å². The summed E-state index contributed by atoms with van der Waals surface area (Å²) in [4.78, 5) is 2.50. The van der Waals surface area contributed by atoms with E-state index >= 15 is 0 Å². The molecule has 0 unspecified atom stereocenters. The summed E-state index contributed by atoms with van der Waals surface area (Å²) in [6.45, 7) is 3.77. The lowest BCUT2D eigenvalue weighted by Gasteiger charge is -2.23. The van der Waals surface area contributed by atoms with Crippen LogP contribution < -0.4 is 10.1 Å². The van der Waals surface area contributed by atoms with Crippen LogP contribution in [0.4, 0.5) is 0 Å². The predicted octanol–water partition coefficient (Wildman–Crippen LogP) is 3.29. The number of likely N-dealkylation sites (N-methyl/N-ethyl adjacent to an activating group) is 1. The van der Waals surface area contributed by atoms with E-state index in [1.807, 2.05) is 24.3 Å². The van der Waals surface area contributed by atoms with Crippen LogP contribution in [0.5, 0.6) is 5.75 Å². The van der Waals surface area contributed by atoms with Gasteiger partial charge in [0.1, 0.15) is 12.4 Å². The summed E-state index contributed by atoms with van der Waals surface area (Å²) in [7, 11) is 2.25. The average Bonchev–Trinajstić information content (AvgIpc) is 2.96.